The Kier molecular flexibility index (Phi) is 4.53. The molecule has 0 radical (unpaired) electrons. The topological polar surface area (TPSA) is 45.8 Å². The monoisotopic (exact) mass is 354 g/mol. The highest BCUT2D eigenvalue weighted by Gasteiger charge is 2.16. The maximum Gasteiger partial charge on any atom is 0.260 e. The van der Waals surface area contributed by atoms with E-state index in [1.807, 2.05) is 5.38 Å². The van der Waals surface area contributed by atoms with E-state index in [1.165, 1.54) is 28.7 Å². The predicted octanol–water partition coefficient (Wildman–Crippen LogP) is 4.67. The zero-order chi connectivity index (χ0) is 17.3. The van der Waals surface area contributed by atoms with Crippen molar-refractivity contribution in [2.24, 2.45) is 0 Å². The average molecular weight is 355 g/mol. The van der Waals surface area contributed by atoms with Crippen molar-refractivity contribution >= 4 is 33.3 Å². The molecule has 2 heterocycles. The number of hydrogen-bond donors (Lipinski definition) is 1. The predicted molar refractivity (Wildman–Crippen MR) is 104 cm³/mol. The van der Waals surface area contributed by atoms with Gasteiger partial charge in [-0.1, -0.05) is 62.7 Å². The molecule has 0 bridgehead atoms. The Labute approximate surface area is 149 Å². The van der Waals surface area contributed by atoms with Gasteiger partial charge in [-0.05, 0) is 16.5 Å². The first-order valence-corrected chi connectivity index (χ1v) is 9.45. The largest absolute Gasteiger partial charge is 0.301 e. The van der Waals surface area contributed by atoms with Crippen molar-refractivity contribution < 1.29 is 0 Å². The van der Waals surface area contributed by atoms with E-state index in [0.717, 1.165) is 16.0 Å². The second-order valence-electron chi connectivity index (χ2n) is 6.52. The molecule has 24 heavy (non-hydrogen) atoms. The molecular weight excluding hydrogens is 336 g/mol. The lowest BCUT2D eigenvalue weighted by atomic mass is 9.86. The van der Waals surface area contributed by atoms with Gasteiger partial charge in [-0.2, -0.15) is 0 Å². The number of aromatic nitrogens is 2. The first-order chi connectivity index (χ1) is 11.4. The van der Waals surface area contributed by atoms with Crippen molar-refractivity contribution in [2.45, 2.75) is 31.3 Å². The molecule has 0 aliphatic carbocycles. The van der Waals surface area contributed by atoms with E-state index in [9.17, 15) is 4.79 Å². The van der Waals surface area contributed by atoms with Gasteiger partial charge >= 0.3 is 0 Å². The summed E-state index contributed by atoms with van der Waals surface area (Å²) in [5, 5.41) is 3.21. The highest BCUT2D eigenvalue weighted by molar-refractivity contribution is 7.99. The highest BCUT2D eigenvalue weighted by atomic mass is 32.2. The molecule has 0 amide bonds. The molecule has 3 nitrogen and oxygen atoms in total. The molecule has 0 fully saturated rings. The van der Waals surface area contributed by atoms with Gasteiger partial charge in [0.15, 0.2) is 5.16 Å². The number of fused-ring (bicyclic) bond motifs is 1. The molecule has 0 aliphatic heterocycles. The van der Waals surface area contributed by atoms with Crippen molar-refractivity contribution in [2.75, 3.05) is 5.75 Å². The molecule has 1 N–H and O–H groups in total. The molecule has 0 saturated carbocycles. The summed E-state index contributed by atoms with van der Waals surface area (Å²) in [5.74, 6) is 3.02. The van der Waals surface area contributed by atoms with E-state index in [4.69, 9.17) is 6.42 Å². The number of nitrogens with one attached hydrogen (secondary N) is 1. The number of rotatable bonds is 3. The SMILES string of the molecule is C#CCSc1nc2scc(-c3ccc(C(C)(C)C)cc3)c2c(=O)[nH]1. The minimum absolute atomic E-state index is 0.109. The van der Waals surface area contributed by atoms with Crippen LogP contribution in [0.25, 0.3) is 21.3 Å². The van der Waals surface area contributed by atoms with Crippen LogP contribution in [0.3, 0.4) is 0 Å². The average Bonchev–Trinajstić information content (AvgIpc) is 2.96. The molecule has 0 unspecified atom stereocenters. The highest BCUT2D eigenvalue weighted by Crippen LogP contribution is 2.33. The maximum absolute atomic E-state index is 12.5. The Morgan fingerprint density at radius 2 is 2.00 bits per heavy atom. The normalized spacial score (nSPS) is 11.6. The van der Waals surface area contributed by atoms with Gasteiger partial charge < -0.3 is 4.98 Å². The molecule has 122 valence electrons. The summed E-state index contributed by atoms with van der Waals surface area (Å²) in [6.45, 7) is 6.56. The summed E-state index contributed by atoms with van der Waals surface area (Å²) in [7, 11) is 0. The molecule has 0 saturated heterocycles. The zero-order valence-corrected chi connectivity index (χ0v) is 15.5. The molecule has 0 spiro atoms. The Morgan fingerprint density at radius 3 is 2.62 bits per heavy atom. The summed E-state index contributed by atoms with van der Waals surface area (Å²) >= 11 is 2.85. The van der Waals surface area contributed by atoms with Crippen molar-refractivity contribution in [1.29, 1.82) is 0 Å². The zero-order valence-electron chi connectivity index (χ0n) is 13.8. The molecular formula is C19H18N2OS2. The Hall–Kier alpha value is -2.03. The first kappa shape index (κ1) is 16.8. The lowest BCUT2D eigenvalue weighted by Crippen LogP contribution is -2.10. The summed E-state index contributed by atoms with van der Waals surface area (Å²) in [6, 6.07) is 8.39. The Bertz CT molecular complexity index is 970. The van der Waals surface area contributed by atoms with Gasteiger partial charge in [0, 0.05) is 10.9 Å². The Morgan fingerprint density at radius 1 is 1.29 bits per heavy atom. The van der Waals surface area contributed by atoms with Crippen LogP contribution in [0.4, 0.5) is 0 Å². The van der Waals surface area contributed by atoms with Crippen molar-refractivity contribution in [3.63, 3.8) is 0 Å². The van der Waals surface area contributed by atoms with Crippen LogP contribution in [0, 0.1) is 12.3 Å². The summed E-state index contributed by atoms with van der Waals surface area (Å²) in [5.41, 5.74) is 3.22. The summed E-state index contributed by atoms with van der Waals surface area (Å²) < 4.78 is 0. The van der Waals surface area contributed by atoms with E-state index >= 15 is 0 Å². The number of hydrogen-bond acceptors (Lipinski definition) is 4. The lowest BCUT2D eigenvalue weighted by molar-refractivity contribution is 0.590. The van der Waals surface area contributed by atoms with Crippen LogP contribution in [0.5, 0.6) is 0 Å². The van der Waals surface area contributed by atoms with Gasteiger partial charge in [-0.25, -0.2) is 4.98 Å². The lowest BCUT2D eigenvalue weighted by Gasteiger charge is -2.19. The van der Waals surface area contributed by atoms with E-state index in [0.29, 0.717) is 16.3 Å². The minimum Gasteiger partial charge on any atom is -0.301 e. The Balaban J connectivity index is 2.05. The third-order valence-corrected chi connectivity index (χ3v) is 5.43. The van der Waals surface area contributed by atoms with Gasteiger partial charge in [0.25, 0.3) is 5.56 Å². The molecule has 5 heteroatoms. The third-order valence-electron chi connectivity index (χ3n) is 3.78. The number of thiophene rings is 1. The van der Waals surface area contributed by atoms with Gasteiger partial charge in [0.05, 0.1) is 11.1 Å². The van der Waals surface area contributed by atoms with Crippen LogP contribution in [0.2, 0.25) is 0 Å². The second-order valence-corrected chi connectivity index (χ2v) is 8.34. The van der Waals surface area contributed by atoms with Gasteiger partial charge in [-0.3, -0.25) is 4.79 Å². The number of benzene rings is 1. The molecule has 3 rings (SSSR count). The first-order valence-electron chi connectivity index (χ1n) is 7.59. The number of H-pyrrole nitrogens is 1. The summed E-state index contributed by atoms with van der Waals surface area (Å²) in [4.78, 5) is 20.6. The van der Waals surface area contributed by atoms with Gasteiger partial charge in [-0.15, -0.1) is 17.8 Å². The smallest absolute Gasteiger partial charge is 0.260 e. The van der Waals surface area contributed by atoms with Crippen molar-refractivity contribution in [1.82, 2.24) is 9.97 Å². The number of aromatic amines is 1. The van der Waals surface area contributed by atoms with Crippen LogP contribution in [-0.2, 0) is 5.41 Å². The maximum atomic E-state index is 12.5. The fourth-order valence-corrected chi connectivity index (χ4v) is 4.02. The fraction of sp³-hybridized carbons (Fsp3) is 0.263. The summed E-state index contributed by atoms with van der Waals surface area (Å²) in [6.07, 6.45) is 5.26. The minimum atomic E-state index is -0.115. The quantitative estimate of drug-likeness (QED) is 0.422. The molecule has 0 atom stereocenters. The van der Waals surface area contributed by atoms with E-state index in [2.05, 4.69) is 60.9 Å². The van der Waals surface area contributed by atoms with Crippen molar-refractivity contribution in [3.8, 4) is 23.5 Å². The van der Waals surface area contributed by atoms with Crippen LogP contribution in [0.15, 0.2) is 39.6 Å². The van der Waals surface area contributed by atoms with Crippen LogP contribution >= 0.6 is 23.1 Å². The number of thioether (sulfide) groups is 1. The van der Waals surface area contributed by atoms with E-state index in [1.54, 1.807) is 0 Å². The molecule has 0 aliphatic rings. The van der Waals surface area contributed by atoms with Crippen LogP contribution in [-0.4, -0.2) is 15.7 Å². The standard InChI is InChI=1S/C19H18N2OS2/c1-5-10-23-18-20-16(22)15-14(11-24-17(15)21-18)12-6-8-13(9-7-12)19(2,3)4/h1,6-9,11H,10H2,2-4H3,(H,20,21,22). The van der Waals surface area contributed by atoms with Gasteiger partial charge in [0.1, 0.15) is 4.83 Å². The van der Waals surface area contributed by atoms with Crippen LogP contribution in [0.1, 0.15) is 26.3 Å². The van der Waals surface area contributed by atoms with Crippen LogP contribution < -0.4 is 5.56 Å². The van der Waals surface area contributed by atoms with Gasteiger partial charge in [0.2, 0.25) is 0 Å². The number of terminal acetylenes is 1. The molecule has 2 aromatic heterocycles. The third kappa shape index (κ3) is 3.26. The van der Waals surface area contributed by atoms with E-state index < -0.39 is 0 Å². The number of nitrogens with zero attached hydrogens (tertiary/aromatic N) is 1. The molecule has 1 aromatic carbocycles. The molecule has 3 aromatic rings. The fourth-order valence-electron chi connectivity index (χ4n) is 2.47. The van der Waals surface area contributed by atoms with Crippen molar-refractivity contribution in [3.05, 3.63) is 45.6 Å². The second kappa shape index (κ2) is 6.46. The van der Waals surface area contributed by atoms with E-state index in [-0.39, 0.29) is 11.0 Å².